The van der Waals surface area contributed by atoms with E-state index in [-0.39, 0.29) is 11.3 Å². The van der Waals surface area contributed by atoms with Crippen molar-refractivity contribution in [2.45, 2.75) is 43.5 Å². The minimum atomic E-state index is -3.10. The maximum Gasteiger partial charge on any atom is 0.230 e. The van der Waals surface area contributed by atoms with Gasteiger partial charge in [-0.3, -0.25) is 4.90 Å². The van der Waals surface area contributed by atoms with Crippen molar-refractivity contribution < 1.29 is 12.8 Å². The first-order valence-electron chi connectivity index (χ1n) is 6.62. The number of rotatable bonds is 5. The number of sulfonamides is 1. The van der Waals surface area contributed by atoms with Gasteiger partial charge >= 0.3 is 0 Å². The van der Waals surface area contributed by atoms with Gasteiger partial charge in [-0.2, -0.15) is 0 Å². The van der Waals surface area contributed by atoms with Crippen LogP contribution < -0.4 is 4.72 Å². The Bertz CT molecular complexity index is 512. The summed E-state index contributed by atoms with van der Waals surface area (Å²) in [7, 11) is -3.10. The highest BCUT2D eigenvalue weighted by molar-refractivity contribution is 7.90. The van der Waals surface area contributed by atoms with E-state index in [0.29, 0.717) is 19.0 Å². The fourth-order valence-corrected chi connectivity index (χ4v) is 4.06. The Morgan fingerprint density at radius 1 is 1.42 bits per heavy atom. The largest absolute Gasteiger partial charge is 0.427 e. The van der Waals surface area contributed by atoms with Gasteiger partial charge in [0.15, 0.2) is 0 Å². The quantitative estimate of drug-likeness (QED) is 0.827. The third-order valence-electron chi connectivity index (χ3n) is 3.56. The lowest BCUT2D eigenvalue weighted by molar-refractivity contribution is 0.178. The summed E-state index contributed by atoms with van der Waals surface area (Å²) in [5, 5.41) is 7.34. The van der Waals surface area contributed by atoms with Gasteiger partial charge < -0.3 is 4.42 Å². The van der Waals surface area contributed by atoms with Crippen LogP contribution in [0.25, 0.3) is 0 Å². The maximum atomic E-state index is 11.9. The van der Waals surface area contributed by atoms with E-state index >= 15 is 0 Å². The fraction of sp³-hybridized carbons (Fsp3) is 0.818. The molecule has 0 aromatic carbocycles. The fourth-order valence-electron chi connectivity index (χ4n) is 2.46. The standard InChI is InChI=1S/C11H18N4O3S/c16-19(17,10-3-4-10)14-9-2-1-5-15(6-9)7-11-13-12-8-18-11/h8-10,14H,1-7H2. The molecule has 1 atom stereocenters. The summed E-state index contributed by atoms with van der Waals surface area (Å²) in [4.78, 5) is 2.15. The van der Waals surface area contributed by atoms with Crippen molar-refractivity contribution in [1.82, 2.24) is 19.8 Å². The zero-order valence-electron chi connectivity index (χ0n) is 10.7. The second-order valence-electron chi connectivity index (χ2n) is 5.27. The Labute approximate surface area is 112 Å². The van der Waals surface area contributed by atoms with Gasteiger partial charge in [-0.1, -0.05) is 0 Å². The topological polar surface area (TPSA) is 88.3 Å². The molecule has 1 aliphatic carbocycles. The molecule has 2 heterocycles. The highest BCUT2D eigenvalue weighted by atomic mass is 32.2. The molecule has 2 fully saturated rings. The van der Waals surface area contributed by atoms with Gasteiger partial charge in [0.2, 0.25) is 22.3 Å². The SMILES string of the molecule is O=S(=O)(NC1CCCN(Cc2nnco2)C1)C1CC1. The molecule has 8 heteroatoms. The smallest absolute Gasteiger partial charge is 0.230 e. The first-order chi connectivity index (χ1) is 9.13. The molecule has 1 aromatic rings. The molecule has 0 amide bonds. The lowest BCUT2D eigenvalue weighted by Crippen LogP contribution is -2.48. The molecule has 106 valence electrons. The predicted octanol–water partition coefficient (Wildman–Crippen LogP) is 0.116. The number of nitrogens with one attached hydrogen (secondary N) is 1. The van der Waals surface area contributed by atoms with Gasteiger partial charge in [-0.25, -0.2) is 13.1 Å². The first kappa shape index (κ1) is 13.0. The van der Waals surface area contributed by atoms with Gasteiger partial charge in [0.25, 0.3) is 0 Å². The van der Waals surface area contributed by atoms with Crippen LogP contribution in [0.15, 0.2) is 10.8 Å². The molecular formula is C11H18N4O3S. The molecule has 1 saturated heterocycles. The van der Waals surface area contributed by atoms with E-state index in [4.69, 9.17) is 4.42 Å². The lowest BCUT2D eigenvalue weighted by Gasteiger charge is -2.32. The molecule has 1 aromatic heterocycles. The van der Waals surface area contributed by atoms with E-state index in [0.717, 1.165) is 32.2 Å². The summed E-state index contributed by atoms with van der Waals surface area (Å²) < 4.78 is 31.8. The van der Waals surface area contributed by atoms with Crippen LogP contribution in [-0.2, 0) is 16.6 Å². The molecule has 0 spiro atoms. The van der Waals surface area contributed by atoms with Gasteiger partial charge in [-0.15, -0.1) is 10.2 Å². The Morgan fingerprint density at radius 2 is 2.26 bits per heavy atom. The third kappa shape index (κ3) is 3.31. The van der Waals surface area contributed by atoms with Crippen LogP contribution in [0.1, 0.15) is 31.6 Å². The van der Waals surface area contributed by atoms with Crippen LogP contribution in [0, 0.1) is 0 Å². The summed E-state index contributed by atoms with van der Waals surface area (Å²) >= 11 is 0. The monoisotopic (exact) mass is 286 g/mol. The summed E-state index contributed by atoms with van der Waals surface area (Å²) in [5.41, 5.74) is 0. The minimum Gasteiger partial charge on any atom is -0.427 e. The molecule has 19 heavy (non-hydrogen) atoms. The molecule has 2 aliphatic rings. The zero-order chi connectivity index (χ0) is 13.3. The second-order valence-corrected chi connectivity index (χ2v) is 7.26. The number of hydrogen-bond acceptors (Lipinski definition) is 6. The molecule has 0 radical (unpaired) electrons. The Balaban J connectivity index is 1.55. The summed E-state index contributed by atoms with van der Waals surface area (Å²) in [6, 6.07) is 0.00210. The number of nitrogens with zero attached hydrogens (tertiary/aromatic N) is 3. The molecule has 1 N–H and O–H groups in total. The van der Waals surface area contributed by atoms with Gasteiger partial charge in [0, 0.05) is 12.6 Å². The zero-order valence-corrected chi connectivity index (χ0v) is 11.5. The van der Waals surface area contributed by atoms with Crippen molar-refractivity contribution in [3.05, 3.63) is 12.3 Å². The molecule has 0 bridgehead atoms. The van der Waals surface area contributed by atoms with Gasteiger partial charge in [0.1, 0.15) is 0 Å². The lowest BCUT2D eigenvalue weighted by atomic mass is 10.1. The van der Waals surface area contributed by atoms with Crippen LogP contribution in [0.2, 0.25) is 0 Å². The molecule has 3 rings (SSSR count). The molecule has 7 nitrogen and oxygen atoms in total. The van der Waals surface area contributed by atoms with E-state index in [1.165, 1.54) is 6.39 Å². The third-order valence-corrected chi connectivity index (χ3v) is 5.57. The van der Waals surface area contributed by atoms with Crippen molar-refractivity contribution in [3.63, 3.8) is 0 Å². The average Bonchev–Trinajstić information content (AvgIpc) is 3.11. The van der Waals surface area contributed by atoms with E-state index < -0.39 is 10.0 Å². The first-order valence-corrected chi connectivity index (χ1v) is 8.17. The normalized spacial score (nSPS) is 25.6. The maximum absolute atomic E-state index is 11.9. The molecule has 1 aliphatic heterocycles. The highest BCUT2D eigenvalue weighted by Crippen LogP contribution is 2.28. The van der Waals surface area contributed by atoms with Crippen LogP contribution >= 0.6 is 0 Å². The second kappa shape index (κ2) is 5.18. The van der Waals surface area contributed by atoms with Crippen LogP contribution in [0.3, 0.4) is 0 Å². The van der Waals surface area contributed by atoms with E-state index in [1.807, 2.05) is 0 Å². The van der Waals surface area contributed by atoms with E-state index in [9.17, 15) is 8.42 Å². The van der Waals surface area contributed by atoms with Crippen molar-refractivity contribution >= 4 is 10.0 Å². The average molecular weight is 286 g/mol. The molecule has 1 unspecified atom stereocenters. The van der Waals surface area contributed by atoms with E-state index in [1.54, 1.807) is 0 Å². The van der Waals surface area contributed by atoms with Gasteiger partial charge in [0.05, 0.1) is 11.8 Å². The number of hydrogen-bond donors (Lipinski definition) is 1. The Morgan fingerprint density at radius 3 is 2.95 bits per heavy atom. The van der Waals surface area contributed by atoms with Crippen LogP contribution in [0.4, 0.5) is 0 Å². The van der Waals surface area contributed by atoms with Crippen LogP contribution in [0.5, 0.6) is 0 Å². The molecule has 1 saturated carbocycles. The van der Waals surface area contributed by atoms with Crippen molar-refractivity contribution in [2.24, 2.45) is 0 Å². The number of piperidine rings is 1. The van der Waals surface area contributed by atoms with Crippen LogP contribution in [-0.4, -0.2) is 47.9 Å². The summed E-state index contributed by atoms with van der Waals surface area (Å²) in [6.45, 7) is 2.22. The highest BCUT2D eigenvalue weighted by Gasteiger charge is 2.37. The minimum absolute atomic E-state index is 0.00210. The van der Waals surface area contributed by atoms with Crippen molar-refractivity contribution in [1.29, 1.82) is 0 Å². The Kier molecular flexibility index (Phi) is 3.55. The van der Waals surface area contributed by atoms with Gasteiger partial charge in [-0.05, 0) is 32.2 Å². The number of likely N-dealkylation sites (tertiary alicyclic amines) is 1. The van der Waals surface area contributed by atoms with Crippen molar-refractivity contribution in [2.75, 3.05) is 13.1 Å². The summed E-state index contributed by atoms with van der Waals surface area (Å²) in [6.07, 6.45) is 4.78. The molecular weight excluding hydrogens is 268 g/mol. The van der Waals surface area contributed by atoms with Crippen molar-refractivity contribution in [3.8, 4) is 0 Å². The predicted molar refractivity (Wildman–Crippen MR) is 67.7 cm³/mol. The summed E-state index contributed by atoms with van der Waals surface area (Å²) in [5.74, 6) is 0.575. The van der Waals surface area contributed by atoms with E-state index in [2.05, 4.69) is 19.8 Å². The number of aromatic nitrogens is 2. The Hall–Kier alpha value is -0.990.